The van der Waals surface area contributed by atoms with E-state index < -0.39 is 0 Å². The third-order valence-corrected chi connectivity index (χ3v) is 4.28. The lowest BCUT2D eigenvalue weighted by Gasteiger charge is -2.06. The molecular formula is C12H13BrFN3OS. The summed E-state index contributed by atoms with van der Waals surface area (Å²) < 4.78 is 21.0. The Balaban J connectivity index is 2.02. The second-order valence-electron chi connectivity index (χ2n) is 3.82. The van der Waals surface area contributed by atoms with Crippen LogP contribution in [0.1, 0.15) is 5.56 Å². The number of ether oxygens (including phenoxy) is 1. The van der Waals surface area contributed by atoms with Crippen LogP contribution in [0.15, 0.2) is 34.2 Å². The Hall–Kier alpha value is -0.920. The molecule has 0 N–H and O–H groups in total. The predicted octanol–water partition coefficient (Wildman–Crippen LogP) is 3.12. The summed E-state index contributed by atoms with van der Waals surface area (Å²) >= 11 is 4.93. The van der Waals surface area contributed by atoms with E-state index in [0.29, 0.717) is 18.9 Å². The maximum Gasteiger partial charge on any atom is 0.191 e. The first kappa shape index (κ1) is 14.5. The lowest BCUT2D eigenvalue weighted by Crippen LogP contribution is -2.04. The molecule has 0 saturated carbocycles. The molecule has 0 aliphatic heterocycles. The van der Waals surface area contributed by atoms with E-state index in [1.807, 2.05) is 4.57 Å². The van der Waals surface area contributed by atoms with Crippen LogP contribution in [0, 0.1) is 5.82 Å². The maximum atomic E-state index is 13.2. The minimum atomic E-state index is -0.236. The standard InChI is InChI=1S/C12H13BrFN3OS/c1-18-5-4-17-8-15-16-12(17)19-7-9-6-10(14)2-3-11(9)13/h2-3,6,8H,4-5,7H2,1H3. The summed E-state index contributed by atoms with van der Waals surface area (Å²) in [7, 11) is 1.65. The molecule has 0 amide bonds. The predicted molar refractivity (Wildman–Crippen MR) is 75.6 cm³/mol. The van der Waals surface area contributed by atoms with Crippen molar-refractivity contribution in [1.29, 1.82) is 0 Å². The number of nitrogens with zero attached hydrogens (tertiary/aromatic N) is 3. The van der Waals surface area contributed by atoms with Gasteiger partial charge in [-0.3, -0.25) is 0 Å². The van der Waals surface area contributed by atoms with Gasteiger partial charge in [-0.25, -0.2) is 4.39 Å². The third-order valence-electron chi connectivity index (χ3n) is 2.48. The van der Waals surface area contributed by atoms with Crippen LogP contribution >= 0.6 is 27.7 Å². The van der Waals surface area contributed by atoms with Gasteiger partial charge in [0.2, 0.25) is 0 Å². The first-order chi connectivity index (χ1) is 9.20. The van der Waals surface area contributed by atoms with Crippen molar-refractivity contribution in [2.24, 2.45) is 0 Å². The second-order valence-corrected chi connectivity index (χ2v) is 5.62. The van der Waals surface area contributed by atoms with E-state index in [0.717, 1.165) is 15.2 Å². The van der Waals surface area contributed by atoms with Gasteiger partial charge in [0.05, 0.1) is 6.61 Å². The number of rotatable bonds is 6. The summed E-state index contributed by atoms with van der Waals surface area (Å²) in [5.74, 6) is 0.393. The van der Waals surface area contributed by atoms with Gasteiger partial charge in [-0.1, -0.05) is 27.7 Å². The number of thioether (sulfide) groups is 1. The monoisotopic (exact) mass is 345 g/mol. The molecule has 19 heavy (non-hydrogen) atoms. The Kier molecular flexibility index (Phi) is 5.35. The van der Waals surface area contributed by atoms with Crippen molar-refractivity contribution in [3.8, 4) is 0 Å². The number of hydrogen-bond acceptors (Lipinski definition) is 4. The largest absolute Gasteiger partial charge is 0.383 e. The van der Waals surface area contributed by atoms with Crippen LogP contribution in [-0.4, -0.2) is 28.5 Å². The molecule has 0 saturated heterocycles. The molecule has 0 radical (unpaired) electrons. The van der Waals surface area contributed by atoms with E-state index in [2.05, 4.69) is 26.1 Å². The van der Waals surface area contributed by atoms with Gasteiger partial charge in [-0.15, -0.1) is 10.2 Å². The van der Waals surface area contributed by atoms with Crippen LogP contribution in [0.3, 0.4) is 0 Å². The molecule has 0 aliphatic rings. The lowest BCUT2D eigenvalue weighted by atomic mass is 10.2. The van der Waals surface area contributed by atoms with Gasteiger partial charge in [0.1, 0.15) is 12.1 Å². The zero-order valence-electron chi connectivity index (χ0n) is 10.3. The molecule has 0 unspecified atom stereocenters. The fraction of sp³-hybridized carbons (Fsp3) is 0.333. The highest BCUT2D eigenvalue weighted by molar-refractivity contribution is 9.10. The van der Waals surface area contributed by atoms with E-state index in [1.165, 1.54) is 23.9 Å². The van der Waals surface area contributed by atoms with E-state index in [1.54, 1.807) is 19.5 Å². The summed E-state index contributed by atoms with van der Waals surface area (Å²) in [4.78, 5) is 0. The van der Waals surface area contributed by atoms with Gasteiger partial charge in [0, 0.05) is 23.9 Å². The Labute approximate surface area is 123 Å². The zero-order chi connectivity index (χ0) is 13.7. The molecule has 0 bridgehead atoms. The Morgan fingerprint density at radius 3 is 3.11 bits per heavy atom. The van der Waals surface area contributed by atoms with Crippen LogP contribution < -0.4 is 0 Å². The van der Waals surface area contributed by atoms with Gasteiger partial charge in [-0.2, -0.15) is 0 Å². The molecular weight excluding hydrogens is 333 g/mol. The highest BCUT2D eigenvalue weighted by atomic mass is 79.9. The molecule has 2 rings (SSSR count). The van der Waals surface area contributed by atoms with E-state index >= 15 is 0 Å². The van der Waals surface area contributed by atoms with Crippen molar-refractivity contribution in [3.63, 3.8) is 0 Å². The first-order valence-corrected chi connectivity index (χ1v) is 7.42. The molecule has 1 aromatic carbocycles. The summed E-state index contributed by atoms with van der Waals surface area (Å²) in [5, 5.41) is 8.72. The van der Waals surface area contributed by atoms with Crippen LogP contribution in [0.5, 0.6) is 0 Å². The zero-order valence-corrected chi connectivity index (χ0v) is 12.7. The number of benzene rings is 1. The first-order valence-electron chi connectivity index (χ1n) is 5.64. The van der Waals surface area contributed by atoms with E-state index in [-0.39, 0.29) is 5.82 Å². The Morgan fingerprint density at radius 2 is 2.32 bits per heavy atom. The molecule has 4 nitrogen and oxygen atoms in total. The van der Waals surface area contributed by atoms with Gasteiger partial charge >= 0.3 is 0 Å². The molecule has 1 heterocycles. The van der Waals surface area contributed by atoms with Crippen molar-refractivity contribution < 1.29 is 9.13 Å². The highest BCUT2D eigenvalue weighted by Gasteiger charge is 2.08. The normalized spacial score (nSPS) is 10.9. The summed E-state index contributed by atoms with van der Waals surface area (Å²) in [5.41, 5.74) is 0.895. The van der Waals surface area contributed by atoms with Crippen LogP contribution in [0.25, 0.3) is 0 Å². The second kappa shape index (κ2) is 7.02. The van der Waals surface area contributed by atoms with Crippen LogP contribution in [-0.2, 0) is 17.0 Å². The number of methoxy groups -OCH3 is 1. The van der Waals surface area contributed by atoms with Crippen LogP contribution in [0.2, 0.25) is 0 Å². The fourth-order valence-electron chi connectivity index (χ4n) is 1.50. The summed E-state index contributed by atoms with van der Waals surface area (Å²) in [6.45, 7) is 1.31. The molecule has 1 aromatic heterocycles. The van der Waals surface area contributed by atoms with Crippen LogP contribution in [0.4, 0.5) is 4.39 Å². The van der Waals surface area contributed by atoms with Crippen molar-refractivity contribution in [2.75, 3.05) is 13.7 Å². The molecule has 0 spiro atoms. The molecule has 0 atom stereocenters. The van der Waals surface area contributed by atoms with Gasteiger partial charge in [0.15, 0.2) is 5.16 Å². The van der Waals surface area contributed by atoms with Crippen molar-refractivity contribution in [3.05, 3.63) is 40.4 Å². The highest BCUT2D eigenvalue weighted by Crippen LogP contribution is 2.26. The SMILES string of the molecule is COCCn1cnnc1SCc1cc(F)ccc1Br. The van der Waals surface area contributed by atoms with Crippen molar-refractivity contribution in [2.45, 2.75) is 17.5 Å². The lowest BCUT2D eigenvalue weighted by molar-refractivity contribution is 0.184. The van der Waals surface area contributed by atoms with Gasteiger partial charge < -0.3 is 9.30 Å². The fourth-order valence-corrected chi connectivity index (χ4v) is 3.00. The smallest absolute Gasteiger partial charge is 0.191 e. The van der Waals surface area contributed by atoms with E-state index in [9.17, 15) is 4.39 Å². The summed E-state index contributed by atoms with van der Waals surface area (Å²) in [6.07, 6.45) is 1.67. The van der Waals surface area contributed by atoms with Crippen molar-refractivity contribution >= 4 is 27.7 Å². The average molecular weight is 346 g/mol. The molecule has 2 aromatic rings. The number of aromatic nitrogens is 3. The topological polar surface area (TPSA) is 39.9 Å². The Morgan fingerprint density at radius 1 is 1.47 bits per heavy atom. The molecule has 0 fully saturated rings. The number of hydrogen-bond donors (Lipinski definition) is 0. The quantitative estimate of drug-likeness (QED) is 0.754. The Bertz CT molecular complexity index is 550. The van der Waals surface area contributed by atoms with Crippen molar-refractivity contribution in [1.82, 2.24) is 14.8 Å². The third kappa shape index (κ3) is 4.02. The molecule has 7 heteroatoms. The minimum absolute atomic E-state index is 0.236. The summed E-state index contributed by atoms with van der Waals surface area (Å²) in [6, 6.07) is 4.66. The average Bonchev–Trinajstić information content (AvgIpc) is 2.85. The van der Waals surface area contributed by atoms with Gasteiger partial charge in [0.25, 0.3) is 0 Å². The molecule has 102 valence electrons. The minimum Gasteiger partial charge on any atom is -0.383 e. The van der Waals surface area contributed by atoms with Gasteiger partial charge in [-0.05, 0) is 23.8 Å². The molecule has 0 aliphatic carbocycles. The van der Waals surface area contributed by atoms with E-state index in [4.69, 9.17) is 4.74 Å². The number of halogens is 2. The maximum absolute atomic E-state index is 13.2.